The van der Waals surface area contributed by atoms with E-state index in [2.05, 4.69) is 15.6 Å². The fourth-order valence-corrected chi connectivity index (χ4v) is 2.01. The quantitative estimate of drug-likeness (QED) is 0.630. The Morgan fingerprint density at radius 3 is 2.79 bits per heavy atom. The van der Waals surface area contributed by atoms with Gasteiger partial charge in [-0.2, -0.15) is 0 Å². The third-order valence-corrected chi connectivity index (χ3v) is 3.28. The number of nitrogens with two attached hydrogens (primary N) is 1. The smallest absolute Gasteiger partial charge is 0.358 e. The predicted octanol–water partition coefficient (Wildman–Crippen LogP) is -0.636. The summed E-state index contributed by atoms with van der Waals surface area (Å²) in [5.74, 6) is -1.20. The summed E-state index contributed by atoms with van der Waals surface area (Å²) < 4.78 is 1.38. The molecule has 0 atom stereocenters. The Balaban J connectivity index is 1.70. The highest BCUT2D eigenvalue weighted by Gasteiger charge is 2.34. The van der Waals surface area contributed by atoms with Crippen LogP contribution < -0.4 is 11.1 Å². The zero-order valence-electron chi connectivity index (χ0n) is 10.5. The zero-order chi connectivity index (χ0) is 13.9. The first-order chi connectivity index (χ1) is 8.98. The number of nitrogens with one attached hydrogen (secondary N) is 1. The van der Waals surface area contributed by atoms with Crippen molar-refractivity contribution in [1.82, 2.24) is 20.3 Å². The number of nitrogens with zero attached hydrogens (tertiary/aromatic N) is 3. The third-order valence-electron chi connectivity index (χ3n) is 3.28. The fraction of sp³-hybridized carbons (Fsp3) is 0.636. The van der Waals surface area contributed by atoms with Crippen LogP contribution in [0.5, 0.6) is 0 Å². The summed E-state index contributed by atoms with van der Waals surface area (Å²) in [5.41, 5.74) is 5.53. The van der Waals surface area contributed by atoms with Crippen molar-refractivity contribution < 1.29 is 14.7 Å². The molecule has 0 unspecified atom stereocenters. The minimum Gasteiger partial charge on any atom is -0.476 e. The number of carboxylic acid groups (broad SMARTS) is 1. The van der Waals surface area contributed by atoms with Gasteiger partial charge >= 0.3 is 5.97 Å². The van der Waals surface area contributed by atoms with Crippen molar-refractivity contribution in [1.29, 1.82) is 0 Å². The lowest BCUT2D eigenvalue weighted by Gasteiger charge is -2.37. The van der Waals surface area contributed by atoms with Gasteiger partial charge in [-0.3, -0.25) is 4.79 Å². The molecule has 1 aromatic heterocycles. The predicted molar refractivity (Wildman–Crippen MR) is 65.4 cm³/mol. The van der Waals surface area contributed by atoms with E-state index in [0.29, 0.717) is 19.5 Å². The minimum atomic E-state index is -1.12. The molecule has 8 nitrogen and oxygen atoms in total. The Morgan fingerprint density at radius 1 is 1.53 bits per heavy atom. The number of hydrogen-bond donors (Lipinski definition) is 3. The van der Waals surface area contributed by atoms with Crippen LogP contribution >= 0.6 is 0 Å². The average Bonchev–Trinajstić information content (AvgIpc) is 2.76. The van der Waals surface area contributed by atoms with Gasteiger partial charge in [0.25, 0.3) is 0 Å². The number of hydrogen-bond acceptors (Lipinski definition) is 5. The molecule has 0 spiro atoms. The van der Waals surface area contributed by atoms with E-state index < -0.39 is 5.97 Å². The number of carbonyl (C=O) groups is 2. The number of carboxylic acids is 1. The maximum atomic E-state index is 11.6. The molecule has 0 bridgehead atoms. The minimum absolute atomic E-state index is 0.0826. The number of amides is 1. The number of rotatable bonds is 6. The average molecular weight is 267 g/mol. The zero-order valence-corrected chi connectivity index (χ0v) is 10.5. The van der Waals surface area contributed by atoms with E-state index in [1.165, 1.54) is 10.9 Å². The molecule has 1 aromatic rings. The lowest BCUT2D eigenvalue weighted by Crippen LogP contribution is -2.50. The van der Waals surface area contributed by atoms with E-state index in [1.54, 1.807) is 0 Å². The summed E-state index contributed by atoms with van der Waals surface area (Å²) in [5, 5.41) is 18.5. The van der Waals surface area contributed by atoms with Crippen LogP contribution in [-0.4, -0.2) is 44.1 Å². The molecule has 0 saturated heterocycles. The fourth-order valence-electron chi connectivity index (χ4n) is 2.01. The summed E-state index contributed by atoms with van der Waals surface area (Å²) in [6.07, 6.45) is 4.53. The molecule has 1 aliphatic rings. The van der Waals surface area contributed by atoms with Crippen molar-refractivity contribution in [3.8, 4) is 0 Å². The monoisotopic (exact) mass is 267 g/mol. The van der Waals surface area contributed by atoms with Gasteiger partial charge in [-0.15, -0.1) is 5.10 Å². The van der Waals surface area contributed by atoms with Crippen LogP contribution in [0.15, 0.2) is 6.20 Å². The first-order valence-corrected chi connectivity index (χ1v) is 6.18. The molecule has 4 N–H and O–H groups in total. The van der Waals surface area contributed by atoms with Crippen LogP contribution in [0.25, 0.3) is 0 Å². The molecule has 1 saturated carbocycles. The largest absolute Gasteiger partial charge is 0.476 e. The van der Waals surface area contributed by atoms with Gasteiger partial charge in [-0.25, -0.2) is 9.48 Å². The van der Waals surface area contributed by atoms with Crippen molar-refractivity contribution in [3.05, 3.63) is 11.9 Å². The van der Waals surface area contributed by atoms with E-state index in [-0.39, 0.29) is 17.1 Å². The molecule has 1 aliphatic carbocycles. The molecule has 1 fully saturated rings. The van der Waals surface area contributed by atoms with E-state index in [4.69, 9.17) is 10.8 Å². The Morgan fingerprint density at radius 2 is 2.26 bits per heavy atom. The molecule has 0 radical (unpaired) electrons. The van der Waals surface area contributed by atoms with E-state index in [9.17, 15) is 9.59 Å². The summed E-state index contributed by atoms with van der Waals surface area (Å²) in [6.45, 7) is 0.751. The first-order valence-electron chi connectivity index (χ1n) is 6.18. The summed E-state index contributed by atoms with van der Waals surface area (Å²) in [4.78, 5) is 22.2. The van der Waals surface area contributed by atoms with Gasteiger partial charge in [0.15, 0.2) is 5.69 Å². The van der Waals surface area contributed by atoms with Gasteiger partial charge < -0.3 is 16.2 Å². The summed E-state index contributed by atoms with van der Waals surface area (Å²) >= 11 is 0. The second-order valence-corrected chi connectivity index (χ2v) is 4.91. The third kappa shape index (κ3) is 3.50. The lowest BCUT2D eigenvalue weighted by molar-refractivity contribution is -0.123. The van der Waals surface area contributed by atoms with Crippen LogP contribution in [0, 0.1) is 0 Å². The van der Waals surface area contributed by atoms with Crippen LogP contribution in [0.2, 0.25) is 0 Å². The SMILES string of the molecule is NC1(CC(=O)NCCn2cc(C(=O)O)nn2)CCC1. The first kappa shape index (κ1) is 13.5. The van der Waals surface area contributed by atoms with Crippen molar-refractivity contribution in [2.45, 2.75) is 37.8 Å². The maximum Gasteiger partial charge on any atom is 0.358 e. The van der Waals surface area contributed by atoms with Gasteiger partial charge in [0.05, 0.1) is 12.7 Å². The summed E-state index contributed by atoms with van der Waals surface area (Å²) in [6, 6.07) is 0. The molecule has 2 rings (SSSR count). The van der Waals surface area contributed by atoms with Crippen LogP contribution in [0.4, 0.5) is 0 Å². The standard InChI is InChI=1S/C11H17N5O3/c12-11(2-1-3-11)6-9(17)13-4-5-16-7-8(10(18)19)14-15-16/h7H,1-6,12H2,(H,13,17)(H,18,19). The molecular formula is C11H17N5O3. The molecular weight excluding hydrogens is 250 g/mol. The number of aromatic carboxylic acids is 1. The van der Waals surface area contributed by atoms with E-state index in [1.807, 2.05) is 0 Å². The molecule has 1 amide bonds. The van der Waals surface area contributed by atoms with Crippen LogP contribution in [0.1, 0.15) is 36.2 Å². The van der Waals surface area contributed by atoms with Crippen molar-refractivity contribution >= 4 is 11.9 Å². The Kier molecular flexibility index (Phi) is 3.79. The topological polar surface area (TPSA) is 123 Å². The van der Waals surface area contributed by atoms with Crippen molar-refractivity contribution in [2.24, 2.45) is 5.73 Å². The van der Waals surface area contributed by atoms with E-state index >= 15 is 0 Å². The lowest BCUT2D eigenvalue weighted by atomic mass is 9.75. The molecule has 0 aromatic carbocycles. The van der Waals surface area contributed by atoms with Gasteiger partial charge in [-0.1, -0.05) is 5.21 Å². The Hall–Kier alpha value is -1.96. The maximum absolute atomic E-state index is 11.6. The Bertz CT molecular complexity index is 480. The van der Waals surface area contributed by atoms with Gasteiger partial charge in [0, 0.05) is 18.5 Å². The van der Waals surface area contributed by atoms with Crippen molar-refractivity contribution in [3.63, 3.8) is 0 Å². The highest BCUT2D eigenvalue weighted by atomic mass is 16.4. The van der Waals surface area contributed by atoms with E-state index in [0.717, 1.165) is 19.3 Å². The highest BCUT2D eigenvalue weighted by molar-refractivity contribution is 5.84. The second kappa shape index (κ2) is 5.35. The number of carbonyl (C=O) groups excluding carboxylic acids is 1. The van der Waals surface area contributed by atoms with Gasteiger partial charge in [-0.05, 0) is 19.3 Å². The molecule has 0 aliphatic heterocycles. The van der Waals surface area contributed by atoms with Crippen LogP contribution in [0.3, 0.4) is 0 Å². The molecule has 8 heteroatoms. The van der Waals surface area contributed by atoms with Gasteiger partial charge in [0.1, 0.15) is 0 Å². The van der Waals surface area contributed by atoms with Crippen LogP contribution in [-0.2, 0) is 11.3 Å². The summed E-state index contributed by atoms with van der Waals surface area (Å²) in [7, 11) is 0. The second-order valence-electron chi connectivity index (χ2n) is 4.91. The Labute approximate surface area is 110 Å². The number of aromatic nitrogens is 3. The molecule has 1 heterocycles. The molecule has 19 heavy (non-hydrogen) atoms. The van der Waals surface area contributed by atoms with Gasteiger partial charge in [0.2, 0.25) is 5.91 Å². The highest BCUT2D eigenvalue weighted by Crippen LogP contribution is 2.31. The normalized spacial score (nSPS) is 16.7. The molecule has 104 valence electrons. The van der Waals surface area contributed by atoms with Crippen molar-refractivity contribution in [2.75, 3.05) is 6.54 Å².